The fourth-order valence-electron chi connectivity index (χ4n) is 1.42. The fourth-order valence-corrected chi connectivity index (χ4v) is 1.42. The number of nitrogens with one attached hydrogen (secondary N) is 3. The van der Waals surface area contributed by atoms with Gasteiger partial charge in [-0.1, -0.05) is 0 Å². The third kappa shape index (κ3) is 19.2. The van der Waals surface area contributed by atoms with Crippen LogP contribution in [0.4, 0.5) is 53.5 Å². The SMILES string of the molecule is NNc1nc(N)nc(N)n1.NNc1nc(N)nc(N)n1.NNc1nc(N)nc(N)n1.O.O.O=P(O)(O)O. The molecular formula is C9H28N21O6P. The predicted molar refractivity (Wildman–Crippen MR) is 131 cm³/mol. The molecule has 0 aliphatic carbocycles. The van der Waals surface area contributed by atoms with Crippen molar-refractivity contribution in [3.63, 3.8) is 0 Å². The highest BCUT2D eigenvalue weighted by molar-refractivity contribution is 7.45. The molecule has 28 heteroatoms. The van der Waals surface area contributed by atoms with Crippen LogP contribution >= 0.6 is 7.82 Å². The van der Waals surface area contributed by atoms with E-state index in [-0.39, 0.29) is 64.5 Å². The van der Waals surface area contributed by atoms with Crippen LogP contribution in [0.1, 0.15) is 0 Å². The van der Waals surface area contributed by atoms with Crippen LogP contribution in [0.2, 0.25) is 0 Å². The van der Waals surface area contributed by atoms with Crippen LogP contribution in [0.15, 0.2) is 0 Å². The van der Waals surface area contributed by atoms with Gasteiger partial charge in [0.1, 0.15) is 0 Å². The first-order valence-electron chi connectivity index (χ1n) is 8.16. The van der Waals surface area contributed by atoms with Gasteiger partial charge in [0.2, 0.25) is 53.5 Å². The molecule has 0 spiro atoms. The maximum absolute atomic E-state index is 8.88. The molecule has 3 heterocycles. The molecule has 3 aromatic rings. The van der Waals surface area contributed by atoms with Gasteiger partial charge in [-0.2, -0.15) is 44.9 Å². The molecule has 27 nitrogen and oxygen atoms in total. The summed E-state index contributed by atoms with van der Waals surface area (Å²) in [5.74, 6) is 15.6. The highest BCUT2D eigenvalue weighted by atomic mass is 31.2. The van der Waals surface area contributed by atoms with Gasteiger partial charge in [-0.15, -0.1) is 0 Å². The molecule has 0 fully saturated rings. The van der Waals surface area contributed by atoms with Crippen molar-refractivity contribution in [3.05, 3.63) is 0 Å². The van der Waals surface area contributed by atoms with Crippen LogP contribution < -0.4 is 68.2 Å². The second kappa shape index (κ2) is 17.6. The third-order valence-electron chi connectivity index (χ3n) is 2.40. The van der Waals surface area contributed by atoms with Crippen LogP contribution in [0.3, 0.4) is 0 Å². The van der Waals surface area contributed by atoms with Gasteiger partial charge in [0, 0.05) is 0 Å². The van der Waals surface area contributed by atoms with Crippen molar-refractivity contribution in [1.29, 1.82) is 0 Å². The number of hydrogen-bond donors (Lipinski definition) is 15. The van der Waals surface area contributed by atoms with E-state index < -0.39 is 7.82 Å². The van der Waals surface area contributed by atoms with Gasteiger partial charge >= 0.3 is 7.82 Å². The minimum Gasteiger partial charge on any atom is -0.412 e. The van der Waals surface area contributed by atoms with Gasteiger partial charge in [-0.05, 0) is 0 Å². The Morgan fingerprint density at radius 3 is 0.703 bits per heavy atom. The van der Waals surface area contributed by atoms with E-state index in [9.17, 15) is 0 Å². The number of anilines is 9. The zero-order valence-corrected chi connectivity index (χ0v) is 19.3. The molecule has 0 saturated carbocycles. The maximum Gasteiger partial charge on any atom is 0.466 e. The zero-order chi connectivity index (χ0) is 27.2. The summed E-state index contributed by atoms with van der Waals surface area (Å²) in [7, 11) is -4.64. The summed E-state index contributed by atoms with van der Waals surface area (Å²) in [5.41, 5.74) is 37.7. The molecule has 37 heavy (non-hydrogen) atoms. The number of hydrogen-bond acceptors (Lipinski definition) is 22. The Morgan fingerprint density at radius 2 is 0.595 bits per heavy atom. The molecule has 0 radical (unpaired) electrons. The van der Waals surface area contributed by atoms with E-state index in [0.717, 1.165) is 0 Å². The van der Waals surface area contributed by atoms with Gasteiger partial charge in [-0.25, -0.2) is 22.1 Å². The lowest BCUT2D eigenvalue weighted by atomic mass is 10.8. The molecule has 0 unspecified atom stereocenters. The Kier molecular flexibility index (Phi) is 17.4. The average molecular weight is 557 g/mol. The molecule has 3 rings (SSSR count). The summed E-state index contributed by atoms with van der Waals surface area (Å²) in [6.07, 6.45) is 0. The monoisotopic (exact) mass is 557 g/mol. The third-order valence-corrected chi connectivity index (χ3v) is 2.40. The van der Waals surface area contributed by atoms with E-state index in [4.69, 9.17) is 71.2 Å². The van der Waals surface area contributed by atoms with Gasteiger partial charge in [0.25, 0.3) is 0 Å². The number of rotatable bonds is 3. The average Bonchev–Trinajstić information content (AvgIpc) is 2.71. The lowest BCUT2D eigenvalue weighted by Crippen LogP contribution is -2.13. The summed E-state index contributed by atoms with van der Waals surface area (Å²) in [4.78, 5) is 53.7. The van der Waals surface area contributed by atoms with Crippen LogP contribution in [0.25, 0.3) is 0 Å². The summed E-state index contributed by atoms with van der Waals surface area (Å²) in [5, 5.41) is 0. The zero-order valence-electron chi connectivity index (χ0n) is 18.4. The van der Waals surface area contributed by atoms with Crippen molar-refractivity contribution in [3.8, 4) is 0 Å². The molecule has 28 N–H and O–H groups in total. The molecule has 0 aromatic carbocycles. The van der Waals surface area contributed by atoms with E-state index in [1.807, 2.05) is 0 Å². The van der Waals surface area contributed by atoms with Gasteiger partial charge in [-0.3, -0.25) is 16.3 Å². The second-order valence-corrected chi connectivity index (χ2v) is 6.10. The lowest BCUT2D eigenvalue weighted by Gasteiger charge is -1.98. The van der Waals surface area contributed by atoms with Crippen LogP contribution in [-0.2, 0) is 4.57 Å². The van der Waals surface area contributed by atoms with E-state index in [1.54, 1.807) is 0 Å². The number of nitrogens with two attached hydrogens (primary N) is 9. The Balaban J connectivity index is -0.000000420. The van der Waals surface area contributed by atoms with Gasteiger partial charge in [0.05, 0.1) is 0 Å². The second-order valence-electron chi connectivity index (χ2n) is 5.07. The topological polar surface area (TPSA) is 527 Å². The lowest BCUT2D eigenvalue weighted by molar-refractivity contribution is 0.275. The Morgan fingerprint density at radius 1 is 0.459 bits per heavy atom. The molecule has 0 aliphatic rings. The van der Waals surface area contributed by atoms with E-state index in [2.05, 4.69) is 61.1 Å². The fraction of sp³-hybridized carbons (Fsp3) is 0. The van der Waals surface area contributed by atoms with E-state index >= 15 is 0 Å². The molecular weight excluding hydrogens is 529 g/mol. The molecule has 0 bridgehead atoms. The molecule has 3 aromatic heterocycles. The van der Waals surface area contributed by atoms with Crippen molar-refractivity contribution in [2.24, 2.45) is 17.5 Å². The van der Waals surface area contributed by atoms with Crippen molar-refractivity contribution in [2.75, 3.05) is 50.7 Å². The molecule has 0 saturated heterocycles. The normalized spacial score (nSPS) is 9.14. The number of phosphoric acid groups is 1. The molecule has 0 aliphatic heterocycles. The van der Waals surface area contributed by atoms with Crippen LogP contribution in [0.5, 0.6) is 0 Å². The summed E-state index contributed by atoms with van der Waals surface area (Å²) in [6, 6.07) is 0. The molecule has 0 atom stereocenters. The summed E-state index contributed by atoms with van der Waals surface area (Å²) < 4.78 is 8.88. The number of hydrazine groups is 3. The minimum absolute atomic E-state index is 0. The van der Waals surface area contributed by atoms with Crippen LogP contribution in [0, 0.1) is 0 Å². The highest BCUT2D eigenvalue weighted by Gasteiger charge is 2.00. The van der Waals surface area contributed by atoms with Crippen molar-refractivity contribution in [1.82, 2.24) is 44.9 Å². The summed E-state index contributed by atoms with van der Waals surface area (Å²) >= 11 is 0. The van der Waals surface area contributed by atoms with E-state index in [1.165, 1.54) is 0 Å². The minimum atomic E-state index is -4.64. The standard InChI is InChI=1S/3C3H7N7.H3O4P.2H2O/c3*4-1-7-2(5)9-3(8-1)10-6;1-5(2,3)4;;/h3*6H2,(H5,4,5,7,8,9,10);(H3,1,2,3,4);2*1H2. The van der Waals surface area contributed by atoms with Crippen molar-refractivity contribution >= 4 is 61.4 Å². The quantitative estimate of drug-likeness (QED) is 0.0806. The summed E-state index contributed by atoms with van der Waals surface area (Å²) in [6.45, 7) is 0. The predicted octanol–water partition coefficient (Wildman–Crippen LogP) is -7.61. The Bertz CT molecular complexity index is 924. The first-order valence-corrected chi connectivity index (χ1v) is 9.72. The number of nitrogen functional groups attached to an aromatic ring is 9. The number of nitrogens with zero attached hydrogens (tertiary/aromatic N) is 9. The van der Waals surface area contributed by atoms with Gasteiger partial charge < -0.3 is 60.0 Å². The maximum atomic E-state index is 8.88. The molecule has 0 amide bonds. The van der Waals surface area contributed by atoms with E-state index in [0.29, 0.717) is 0 Å². The van der Waals surface area contributed by atoms with Crippen LogP contribution in [-0.4, -0.2) is 70.5 Å². The highest BCUT2D eigenvalue weighted by Crippen LogP contribution is 2.25. The first-order chi connectivity index (χ1) is 16.2. The van der Waals surface area contributed by atoms with Crippen molar-refractivity contribution in [2.45, 2.75) is 0 Å². The largest absolute Gasteiger partial charge is 0.466 e. The Labute approximate surface area is 205 Å². The smallest absolute Gasteiger partial charge is 0.412 e. The first kappa shape index (κ1) is 36.7. The Hall–Kier alpha value is -4.86. The molecule has 210 valence electrons. The van der Waals surface area contributed by atoms with Crippen molar-refractivity contribution < 1.29 is 30.2 Å². The number of aromatic nitrogens is 9. The van der Waals surface area contributed by atoms with Gasteiger partial charge in [0.15, 0.2) is 0 Å².